The van der Waals surface area contributed by atoms with E-state index in [0.29, 0.717) is 17.9 Å². The summed E-state index contributed by atoms with van der Waals surface area (Å²) in [6, 6.07) is 25.7. The Bertz CT molecular complexity index is 1080. The van der Waals surface area contributed by atoms with Crippen molar-refractivity contribution in [1.29, 1.82) is 0 Å². The van der Waals surface area contributed by atoms with Crippen molar-refractivity contribution in [3.05, 3.63) is 83.9 Å². The maximum Gasteiger partial charge on any atom is 0.254 e. The van der Waals surface area contributed by atoms with Crippen LogP contribution in [-0.4, -0.2) is 41.4 Å². The van der Waals surface area contributed by atoms with Crippen molar-refractivity contribution in [1.82, 2.24) is 9.80 Å². The Labute approximate surface area is 178 Å². The molecule has 4 atom stereocenters. The minimum absolute atomic E-state index is 0.232. The molecule has 3 aromatic rings. The average Bonchev–Trinajstić information content (AvgIpc) is 3.24. The van der Waals surface area contributed by atoms with Gasteiger partial charge in [-0.05, 0) is 59.1 Å². The summed E-state index contributed by atoms with van der Waals surface area (Å²) in [7, 11) is 0. The topological polar surface area (TPSA) is 23.6 Å². The van der Waals surface area contributed by atoms with E-state index in [4.69, 9.17) is 0 Å². The standard InChI is InChI=1S/C27H28N2O/c30-27(22-11-10-20-8-4-5-9-21(20)14-22)29-16-23-12-13-26(29)25-18-28(17-24(23)25)15-19-6-2-1-3-7-19/h1-11,14,23-26H,12-13,15-18H2. The molecule has 3 heteroatoms. The van der Waals surface area contributed by atoms with Crippen LogP contribution >= 0.6 is 0 Å². The van der Waals surface area contributed by atoms with Gasteiger partial charge in [0.1, 0.15) is 0 Å². The van der Waals surface area contributed by atoms with Gasteiger partial charge >= 0.3 is 0 Å². The second-order valence-corrected chi connectivity index (χ2v) is 9.43. The normalized spacial score (nSPS) is 28.1. The highest BCUT2D eigenvalue weighted by Crippen LogP contribution is 2.47. The van der Waals surface area contributed by atoms with Crippen LogP contribution in [0.1, 0.15) is 28.8 Å². The minimum Gasteiger partial charge on any atom is -0.335 e. The van der Waals surface area contributed by atoms with E-state index in [9.17, 15) is 4.79 Å². The van der Waals surface area contributed by atoms with Gasteiger partial charge in [-0.3, -0.25) is 9.69 Å². The third-order valence-corrected chi connectivity index (χ3v) is 7.76. The predicted molar refractivity (Wildman–Crippen MR) is 120 cm³/mol. The molecule has 7 rings (SSSR count). The number of likely N-dealkylation sites (tertiary alicyclic amines) is 1. The van der Waals surface area contributed by atoms with Gasteiger partial charge in [0, 0.05) is 37.8 Å². The zero-order valence-corrected chi connectivity index (χ0v) is 17.3. The highest BCUT2D eigenvalue weighted by molar-refractivity contribution is 5.98. The van der Waals surface area contributed by atoms with Crippen LogP contribution in [0, 0.1) is 17.8 Å². The molecule has 0 N–H and O–H groups in total. The van der Waals surface area contributed by atoms with Crippen LogP contribution in [0.3, 0.4) is 0 Å². The van der Waals surface area contributed by atoms with Crippen molar-refractivity contribution in [2.45, 2.75) is 25.4 Å². The Kier molecular flexibility index (Phi) is 4.38. The first-order chi connectivity index (χ1) is 14.8. The van der Waals surface area contributed by atoms with Crippen LogP contribution in [0.4, 0.5) is 0 Å². The largest absolute Gasteiger partial charge is 0.335 e. The van der Waals surface area contributed by atoms with E-state index >= 15 is 0 Å². The number of carbonyl (C=O) groups is 1. The van der Waals surface area contributed by atoms with Gasteiger partial charge in [-0.1, -0.05) is 60.7 Å². The number of nitrogens with zero attached hydrogens (tertiary/aromatic N) is 2. The van der Waals surface area contributed by atoms with Crippen LogP contribution in [0.25, 0.3) is 10.8 Å². The van der Waals surface area contributed by atoms with Gasteiger partial charge in [0.05, 0.1) is 0 Å². The zero-order chi connectivity index (χ0) is 20.1. The SMILES string of the molecule is O=C(c1ccc2ccccc2c1)N1CC2CCC1C1CN(Cc3ccccc3)CC21. The van der Waals surface area contributed by atoms with E-state index in [1.54, 1.807) is 0 Å². The Morgan fingerprint density at radius 3 is 2.43 bits per heavy atom. The number of benzene rings is 3. The van der Waals surface area contributed by atoms with E-state index in [1.165, 1.54) is 30.3 Å². The molecule has 4 unspecified atom stereocenters. The molecule has 3 aromatic carbocycles. The maximum atomic E-state index is 13.5. The first-order valence-electron chi connectivity index (χ1n) is 11.3. The van der Waals surface area contributed by atoms with Crippen LogP contribution in [0.5, 0.6) is 0 Å². The van der Waals surface area contributed by atoms with Crippen LogP contribution in [0.2, 0.25) is 0 Å². The van der Waals surface area contributed by atoms with Gasteiger partial charge in [-0.15, -0.1) is 0 Å². The third-order valence-electron chi connectivity index (χ3n) is 7.76. The van der Waals surface area contributed by atoms with Crippen LogP contribution < -0.4 is 0 Å². The number of amides is 1. The number of carbonyl (C=O) groups excluding carboxylic acids is 1. The predicted octanol–water partition coefficient (Wildman–Crippen LogP) is 4.82. The lowest BCUT2D eigenvalue weighted by Gasteiger charge is -2.52. The van der Waals surface area contributed by atoms with Gasteiger partial charge in [-0.2, -0.15) is 0 Å². The third kappa shape index (κ3) is 3.04. The molecule has 2 bridgehead atoms. The summed E-state index contributed by atoms with van der Waals surface area (Å²) in [4.78, 5) is 18.4. The summed E-state index contributed by atoms with van der Waals surface area (Å²) in [6.07, 6.45) is 2.46. The highest BCUT2D eigenvalue weighted by Gasteiger charge is 2.52. The van der Waals surface area contributed by atoms with Crippen molar-refractivity contribution in [2.24, 2.45) is 17.8 Å². The minimum atomic E-state index is 0.232. The number of hydrogen-bond donors (Lipinski definition) is 0. The molecule has 1 aliphatic carbocycles. The summed E-state index contributed by atoms with van der Waals surface area (Å²) in [5.41, 5.74) is 2.24. The fourth-order valence-electron chi connectivity index (χ4n) is 6.35. The molecule has 4 fully saturated rings. The molecule has 0 spiro atoms. The van der Waals surface area contributed by atoms with Gasteiger partial charge in [0.2, 0.25) is 0 Å². The molecule has 3 nitrogen and oxygen atoms in total. The van der Waals surface area contributed by atoms with Crippen molar-refractivity contribution in [3.8, 4) is 0 Å². The molecule has 3 heterocycles. The molecule has 3 aliphatic heterocycles. The van der Waals surface area contributed by atoms with Crippen molar-refractivity contribution in [3.63, 3.8) is 0 Å². The summed E-state index contributed by atoms with van der Waals surface area (Å²) >= 11 is 0. The first kappa shape index (κ1) is 18.1. The second kappa shape index (κ2) is 7.24. The molecule has 1 amide bonds. The van der Waals surface area contributed by atoms with E-state index in [1.807, 2.05) is 12.1 Å². The number of rotatable bonds is 3. The Hall–Kier alpha value is -2.65. The smallest absolute Gasteiger partial charge is 0.254 e. The molecule has 4 aliphatic rings. The lowest BCUT2D eigenvalue weighted by molar-refractivity contribution is -0.0144. The molecular formula is C27H28N2O. The van der Waals surface area contributed by atoms with Gasteiger partial charge in [0.25, 0.3) is 5.91 Å². The zero-order valence-electron chi connectivity index (χ0n) is 17.3. The van der Waals surface area contributed by atoms with Crippen LogP contribution in [0.15, 0.2) is 72.8 Å². The number of fused-ring (bicyclic) bond motifs is 3. The molecule has 3 saturated heterocycles. The lowest BCUT2D eigenvalue weighted by Crippen LogP contribution is -2.59. The van der Waals surface area contributed by atoms with E-state index in [0.717, 1.165) is 36.5 Å². The van der Waals surface area contributed by atoms with Gasteiger partial charge < -0.3 is 4.90 Å². The van der Waals surface area contributed by atoms with E-state index in [-0.39, 0.29) is 5.91 Å². The summed E-state index contributed by atoms with van der Waals surface area (Å²) < 4.78 is 0. The summed E-state index contributed by atoms with van der Waals surface area (Å²) in [6.45, 7) is 4.30. The molecule has 1 saturated carbocycles. The van der Waals surface area contributed by atoms with E-state index < -0.39 is 0 Å². The number of hydrogen-bond acceptors (Lipinski definition) is 2. The molecule has 152 valence electrons. The lowest BCUT2D eigenvalue weighted by atomic mass is 9.66. The van der Waals surface area contributed by atoms with Crippen molar-refractivity contribution >= 4 is 16.7 Å². The maximum absolute atomic E-state index is 13.5. The van der Waals surface area contributed by atoms with E-state index in [2.05, 4.69) is 70.5 Å². The van der Waals surface area contributed by atoms with Gasteiger partial charge in [0.15, 0.2) is 0 Å². The van der Waals surface area contributed by atoms with Crippen LogP contribution in [-0.2, 0) is 6.54 Å². The molecule has 30 heavy (non-hydrogen) atoms. The van der Waals surface area contributed by atoms with Gasteiger partial charge in [-0.25, -0.2) is 0 Å². The fourth-order valence-corrected chi connectivity index (χ4v) is 6.35. The highest BCUT2D eigenvalue weighted by atomic mass is 16.2. The Morgan fingerprint density at radius 2 is 1.57 bits per heavy atom. The molecule has 0 aromatic heterocycles. The number of piperidine rings is 2. The second-order valence-electron chi connectivity index (χ2n) is 9.43. The average molecular weight is 397 g/mol. The summed E-state index contributed by atoms with van der Waals surface area (Å²) in [5, 5.41) is 2.35. The fraction of sp³-hybridized carbons (Fsp3) is 0.370. The summed E-state index contributed by atoms with van der Waals surface area (Å²) in [5.74, 6) is 2.28. The first-order valence-corrected chi connectivity index (χ1v) is 11.3. The Balaban J connectivity index is 1.22. The van der Waals surface area contributed by atoms with Crippen molar-refractivity contribution < 1.29 is 4.79 Å². The molecule has 0 radical (unpaired) electrons. The van der Waals surface area contributed by atoms with Crippen molar-refractivity contribution in [2.75, 3.05) is 19.6 Å². The molecular weight excluding hydrogens is 368 g/mol. The Morgan fingerprint density at radius 1 is 0.800 bits per heavy atom. The quantitative estimate of drug-likeness (QED) is 0.634. The monoisotopic (exact) mass is 396 g/mol.